The number of quaternary nitrogens is 1. The van der Waals surface area contributed by atoms with Crippen molar-refractivity contribution in [3.8, 4) is 0 Å². The number of aliphatic carboxylic acids is 1. The fraction of sp³-hybridized carbons (Fsp3) is 0.810. The maximum Gasteiger partial charge on any atom is 0.293 e. The van der Waals surface area contributed by atoms with Gasteiger partial charge in [0.2, 0.25) is 0 Å². The first kappa shape index (κ1) is 17.7. The zero-order valence-corrected chi connectivity index (χ0v) is 16.3. The minimum atomic E-state index is -1.15. The molecule has 3 saturated carbocycles. The second kappa shape index (κ2) is 5.57. The minimum Gasteiger partial charge on any atom is -0.545 e. The van der Waals surface area contributed by atoms with Crippen molar-refractivity contribution >= 4 is 11.9 Å². The van der Waals surface area contributed by atoms with E-state index in [0.29, 0.717) is 23.7 Å². The molecular formula is C21H31N3O3. The molecule has 1 heterocycles. The van der Waals surface area contributed by atoms with E-state index in [1.54, 1.807) is 7.05 Å². The molecule has 27 heavy (non-hydrogen) atoms. The molecule has 0 amide bonds. The minimum absolute atomic E-state index is 0.0242. The van der Waals surface area contributed by atoms with Gasteiger partial charge >= 0.3 is 0 Å². The topological polar surface area (TPSA) is 103 Å². The molecule has 5 rings (SSSR count). The number of nitrogens with two attached hydrogens (primary N) is 1. The van der Waals surface area contributed by atoms with Crippen LogP contribution >= 0.6 is 0 Å². The number of aliphatic imine (C=N–C) groups is 1. The summed E-state index contributed by atoms with van der Waals surface area (Å²) in [5.41, 5.74) is 7.41. The standard InChI is InChI=1S/C21H31N3O3/c1-11-3-4-13-9-15-16(18(26)27)17(25)14-6-5-12-7-8-24(19(22)23-2)10-20(12,13)21(11,14)15/h11-14,17,25H,3-10H2,1-2H3,(H2,22,23)(H,26,27)/t11-,12+,13-,14-,17+,20+,21-/m1/s1. The fourth-order valence-electron chi connectivity index (χ4n) is 8.85. The number of nitrogens with one attached hydrogen (secondary N) is 1. The van der Waals surface area contributed by atoms with Crippen molar-refractivity contribution in [3.63, 3.8) is 0 Å². The lowest BCUT2D eigenvalue weighted by atomic mass is 9.40. The van der Waals surface area contributed by atoms with Crippen LogP contribution in [-0.4, -0.2) is 43.3 Å². The van der Waals surface area contributed by atoms with Crippen molar-refractivity contribution in [2.45, 2.75) is 51.6 Å². The van der Waals surface area contributed by atoms with Crippen LogP contribution in [0, 0.1) is 34.5 Å². The average Bonchev–Trinajstić information content (AvgIpc) is 3.02. The summed E-state index contributed by atoms with van der Waals surface area (Å²) in [5.74, 6) is 1.03. The first-order valence-corrected chi connectivity index (χ1v) is 10.6. The number of carbonyl (C=O) groups is 1. The number of nitrogens with zero attached hydrogens (tertiary/aromatic N) is 1. The SMILES string of the molecule is CN=C(N)[NH+]1CC[C@@H]2CC[C@@H]3[C@H](O)C(C(=O)[O-])=C4C[C@H]5CC[C@@H](C)[C@]43[C@@]25C1. The van der Waals surface area contributed by atoms with Crippen LogP contribution < -0.4 is 15.7 Å². The lowest BCUT2D eigenvalue weighted by Gasteiger charge is -2.65. The number of carbonyl (C=O) groups excluding carboxylic acids is 1. The Labute approximate surface area is 160 Å². The normalized spacial score (nSPS) is 51.1. The van der Waals surface area contributed by atoms with E-state index in [2.05, 4.69) is 11.9 Å². The summed E-state index contributed by atoms with van der Waals surface area (Å²) >= 11 is 0. The molecule has 148 valence electrons. The molecule has 2 bridgehead atoms. The second-order valence-corrected chi connectivity index (χ2v) is 9.72. The van der Waals surface area contributed by atoms with Gasteiger partial charge in [0.15, 0.2) is 0 Å². The van der Waals surface area contributed by atoms with Gasteiger partial charge in [-0.2, -0.15) is 0 Å². The molecule has 4 aliphatic carbocycles. The van der Waals surface area contributed by atoms with Crippen molar-refractivity contribution in [2.75, 3.05) is 20.1 Å². The zero-order chi connectivity index (χ0) is 19.1. The van der Waals surface area contributed by atoms with Gasteiger partial charge in [0, 0.05) is 29.9 Å². The molecule has 0 aromatic carbocycles. The highest BCUT2D eigenvalue weighted by Gasteiger charge is 2.78. The Bertz CT molecular complexity index is 762. The zero-order valence-electron chi connectivity index (χ0n) is 16.3. The number of likely N-dealkylation sites (tertiary alicyclic amines) is 1. The average molecular weight is 373 g/mol. The van der Waals surface area contributed by atoms with Crippen LogP contribution in [0.25, 0.3) is 0 Å². The van der Waals surface area contributed by atoms with Gasteiger partial charge in [-0.3, -0.25) is 4.90 Å². The van der Waals surface area contributed by atoms with Crippen LogP contribution in [0.15, 0.2) is 16.1 Å². The van der Waals surface area contributed by atoms with Crippen molar-refractivity contribution < 1.29 is 19.9 Å². The third-order valence-electron chi connectivity index (χ3n) is 9.44. The number of hydrogen-bond acceptors (Lipinski definition) is 4. The Hall–Kier alpha value is -1.40. The highest BCUT2D eigenvalue weighted by atomic mass is 16.4. The van der Waals surface area contributed by atoms with Crippen molar-refractivity contribution in [2.24, 2.45) is 45.2 Å². The van der Waals surface area contributed by atoms with Gasteiger partial charge in [0.05, 0.1) is 25.2 Å². The van der Waals surface area contributed by atoms with E-state index in [9.17, 15) is 15.0 Å². The monoisotopic (exact) mass is 373 g/mol. The summed E-state index contributed by atoms with van der Waals surface area (Å²) in [5, 5.41) is 23.1. The van der Waals surface area contributed by atoms with E-state index < -0.39 is 12.1 Å². The molecule has 1 saturated heterocycles. The molecule has 1 aliphatic heterocycles. The number of piperidine rings is 1. The van der Waals surface area contributed by atoms with E-state index in [-0.39, 0.29) is 22.3 Å². The van der Waals surface area contributed by atoms with Gasteiger partial charge in [-0.05, 0) is 55.8 Å². The van der Waals surface area contributed by atoms with Crippen LogP contribution in [0.1, 0.15) is 45.4 Å². The third kappa shape index (κ3) is 1.80. The molecule has 6 heteroatoms. The Morgan fingerprint density at radius 1 is 1.26 bits per heavy atom. The number of carboxylic acid groups (broad SMARTS) is 1. The second-order valence-electron chi connectivity index (χ2n) is 9.72. The predicted molar refractivity (Wildman–Crippen MR) is 98.5 cm³/mol. The Morgan fingerprint density at radius 3 is 2.70 bits per heavy atom. The smallest absolute Gasteiger partial charge is 0.293 e. The molecule has 4 N–H and O–H groups in total. The van der Waals surface area contributed by atoms with E-state index in [1.807, 2.05) is 0 Å². The first-order chi connectivity index (χ1) is 12.9. The molecule has 0 aromatic heterocycles. The number of carboxylic acids is 1. The molecule has 1 unspecified atom stereocenters. The van der Waals surface area contributed by atoms with E-state index >= 15 is 0 Å². The largest absolute Gasteiger partial charge is 0.545 e. The molecule has 8 atom stereocenters. The van der Waals surface area contributed by atoms with Crippen LogP contribution in [-0.2, 0) is 4.79 Å². The third-order valence-corrected chi connectivity index (χ3v) is 9.44. The summed E-state index contributed by atoms with van der Waals surface area (Å²) in [4.78, 5) is 17.6. The predicted octanol–water partition coefficient (Wildman–Crippen LogP) is -0.911. The van der Waals surface area contributed by atoms with Crippen molar-refractivity contribution in [1.82, 2.24) is 0 Å². The van der Waals surface area contributed by atoms with Crippen LogP contribution in [0.4, 0.5) is 0 Å². The summed E-state index contributed by atoms with van der Waals surface area (Å²) in [7, 11) is 1.75. The van der Waals surface area contributed by atoms with Gasteiger partial charge in [0.25, 0.3) is 5.96 Å². The number of rotatable bonds is 1. The number of aliphatic hydroxyl groups is 1. The molecule has 4 fully saturated rings. The first-order valence-electron chi connectivity index (χ1n) is 10.6. The van der Waals surface area contributed by atoms with E-state index in [0.717, 1.165) is 57.2 Å². The van der Waals surface area contributed by atoms with Crippen molar-refractivity contribution in [3.05, 3.63) is 11.1 Å². The highest BCUT2D eigenvalue weighted by molar-refractivity contribution is 5.89. The van der Waals surface area contributed by atoms with Crippen molar-refractivity contribution in [1.29, 1.82) is 0 Å². The van der Waals surface area contributed by atoms with Gasteiger partial charge < -0.3 is 20.7 Å². The van der Waals surface area contributed by atoms with Gasteiger partial charge in [-0.25, -0.2) is 4.99 Å². The van der Waals surface area contributed by atoms with Crippen LogP contribution in [0.5, 0.6) is 0 Å². The molecule has 2 spiro atoms. The summed E-state index contributed by atoms with van der Waals surface area (Å²) in [6.45, 7) is 4.24. The molecular weight excluding hydrogens is 342 g/mol. The maximum atomic E-state index is 12.0. The van der Waals surface area contributed by atoms with E-state index in [1.165, 1.54) is 4.90 Å². The fourth-order valence-corrected chi connectivity index (χ4v) is 8.85. The maximum absolute atomic E-state index is 12.0. The molecule has 0 aromatic rings. The van der Waals surface area contributed by atoms with Crippen LogP contribution in [0.2, 0.25) is 0 Å². The van der Waals surface area contributed by atoms with E-state index in [4.69, 9.17) is 5.73 Å². The highest BCUT2D eigenvalue weighted by Crippen LogP contribution is 2.79. The number of hydrogen-bond donors (Lipinski definition) is 3. The molecule has 6 nitrogen and oxygen atoms in total. The lowest BCUT2D eigenvalue weighted by molar-refractivity contribution is -0.829. The number of guanidine groups is 1. The lowest BCUT2D eigenvalue weighted by Crippen LogP contribution is -3.19. The number of aliphatic hydroxyl groups excluding tert-OH is 1. The summed E-state index contributed by atoms with van der Waals surface area (Å²) in [6.07, 6.45) is 5.38. The summed E-state index contributed by atoms with van der Waals surface area (Å²) < 4.78 is 0. The van der Waals surface area contributed by atoms with Crippen LogP contribution in [0.3, 0.4) is 0 Å². The Balaban J connectivity index is 1.75. The number of allylic oxidation sites excluding steroid dienone is 1. The Kier molecular flexibility index (Phi) is 3.65. The molecule has 0 radical (unpaired) electrons. The van der Waals surface area contributed by atoms with Gasteiger partial charge in [0.1, 0.15) is 0 Å². The Morgan fingerprint density at radius 2 is 2.00 bits per heavy atom. The van der Waals surface area contributed by atoms with Gasteiger partial charge in [-0.1, -0.05) is 12.5 Å². The van der Waals surface area contributed by atoms with Gasteiger partial charge in [-0.15, -0.1) is 0 Å². The molecule has 5 aliphatic rings. The quantitative estimate of drug-likeness (QED) is 0.409. The summed E-state index contributed by atoms with van der Waals surface area (Å²) in [6, 6.07) is 0.